The van der Waals surface area contributed by atoms with Gasteiger partial charge in [0.1, 0.15) is 0 Å². The number of benzene rings is 1. The zero-order chi connectivity index (χ0) is 16.8. The second kappa shape index (κ2) is 9.64. The highest BCUT2D eigenvalue weighted by molar-refractivity contribution is 5.90. The summed E-state index contributed by atoms with van der Waals surface area (Å²) in [4.78, 5) is 23.9. The van der Waals surface area contributed by atoms with Gasteiger partial charge in [0.25, 0.3) is 0 Å². The molecule has 24 heavy (non-hydrogen) atoms. The quantitative estimate of drug-likeness (QED) is 0.735. The molecule has 1 aromatic rings. The van der Waals surface area contributed by atoms with Gasteiger partial charge in [0.15, 0.2) is 0 Å². The average Bonchev–Trinajstić information content (AvgIpc) is 2.91. The number of carbonyl (C=O) groups excluding carboxylic acids is 2. The monoisotopic (exact) mass is 353 g/mol. The molecule has 1 aliphatic carbocycles. The summed E-state index contributed by atoms with van der Waals surface area (Å²) in [5, 5.41) is 5.86. The fourth-order valence-corrected chi connectivity index (χ4v) is 2.93. The Morgan fingerprint density at radius 1 is 1.29 bits per heavy atom. The van der Waals surface area contributed by atoms with E-state index in [1.165, 1.54) is 0 Å². The molecule has 1 aliphatic rings. The van der Waals surface area contributed by atoms with Gasteiger partial charge >= 0.3 is 0 Å². The summed E-state index contributed by atoms with van der Waals surface area (Å²) in [5.41, 5.74) is 7.59. The number of hydrogen-bond donors (Lipinski definition) is 3. The van der Waals surface area contributed by atoms with Crippen molar-refractivity contribution in [3.8, 4) is 0 Å². The summed E-state index contributed by atoms with van der Waals surface area (Å²) in [6.45, 7) is 4.50. The molecular formula is C18H28ClN3O2. The first kappa shape index (κ1) is 20.5. The van der Waals surface area contributed by atoms with Gasteiger partial charge in [0, 0.05) is 30.6 Å². The van der Waals surface area contributed by atoms with Gasteiger partial charge in [-0.3, -0.25) is 9.59 Å². The summed E-state index contributed by atoms with van der Waals surface area (Å²) in [7, 11) is 0. The van der Waals surface area contributed by atoms with Crippen molar-refractivity contribution in [2.45, 2.75) is 52.1 Å². The van der Waals surface area contributed by atoms with E-state index >= 15 is 0 Å². The van der Waals surface area contributed by atoms with Gasteiger partial charge in [0.05, 0.1) is 0 Å². The molecule has 0 radical (unpaired) electrons. The lowest BCUT2D eigenvalue weighted by Crippen LogP contribution is -2.30. The molecule has 0 bridgehead atoms. The van der Waals surface area contributed by atoms with Crippen molar-refractivity contribution in [1.29, 1.82) is 0 Å². The predicted octanol–water partition coefficient (Wildman–Crippen LogP) is 2.84. The fourth-order valence-electron chi connectivity index (χ4n) is 2.93. The number of rotatable bonds is 6. The molecule has 0 spiro atoms. The minimum absolute atomic E-state index is 0. The highest BCUT2D eigenvalue weighted by Gasteiger charge is 2.27. The molecule has 134 valence electrons. The molecule has 1 fully saturated rings. The Morgan fingerprint density at radius 2 is 2.04 bits per heavy atom. The first-order chi connectivity index (χ1) is 10.9. The van der Waals surface area contributed by atoms with Crippen LogP contribution in [0, 0.1) is 11.8 Å². The third-order valence-electron chi connectivity index (χ3n) is 4.12. The normalized spacial score (nSPS) is 19.7. The largest absolute Gasteiger partial charge is 0.352 e. The molecule has 0 heterocycles. The van der Waals surface area contributed by atoms with Crippen LogP contribution in [0.25, 0.3) is 0 Å². The standard InChI is InChI=1S/C18H27N3O2.ClH/c1-12(2)8-17(22)21-16-5-3-4-13(9-16)11-20-18(23)14-6-7-15(19)10-14;/h3-5,9,12,14-15H,6-8,10-11,19H2,1-2H3,(H,20,23)(H,21,22);1H. The maximum atomic E-state index is 12.1. The minimum atomic E-state index is 0. The number of carbonyl (C=O) groups is 2. The molecule has 2 unspecified atom stereocenters. The van der Waals surface area contributed by atoms with Gasteiger partial charge in [-0.15, -0.1) is 12.4 Å². The first-order valence-corrected chi connectivity index (χ1v) is 8.36. The van der Waals surface area contributed by atoms with Gasteiger partial charge < -0.3 is 16.4 Å². The van der Waals surface area contributed by atoms with Gasteiger partial charge in [-0.05, 0) is 42.9 Å². The summed E-state index contributed by atoms with van der Waals surface area (Å²) in [6, 6.07) is 7.75. The van der Waals surface area contributed by atoms with Gasteiger partial charge in [-0.25, -0.2) is 0 Å². The summed E-state index contributed by atoms with van der Waals surface area (Å²) < 4.78 is 0. The van der Waals surface area contributed by atoms with E-state index in [4.69, 9.17) is 5.73 Å². The number of hydrogen-bond acceptors (Lipinski definition) is 3. The maximum absolute atomic E-state index is 12.1. The van der Waals surface area contributed by atoms with Crippen molar-refractivity contribution in [2.24, 2.45) is 17.6 Å². The van der Waals surface area contributed by atoms with Gasteiger partial charge in [-0.1, -0.05) is 26.0 Å². The minimum Gasteiger partial charge on any atom is -0.352 e. The van der Waals surface area contributed by atoms with Crippen LogP contribution in [0.2, 0.25) is 0 Å². The number of nitrogens with one attached hydrogen (secondary N) is 2. The van der Waals surface area contributed by atoms with Crippen LogP contribution in [0.4, 0.5) is 5.69 Å². The van der Waals surface area contributed by atoms with Crippen molar-refractivity contribution in [2.75, 3.05) is 5.32 Å². The van der Waals surface area contributed by atoms with E-state index in [-0.39, 0.29) is 36.2 Å². The van der Waals surface area contributed by atoms with Crippen LogP contribution in [0.1, 0.15) is 45.1 Å². The zero-order valence-corrected chi connectivity index (χ0v) is 15.2. The Morgan fingerprint density at radius 3 is 2.67 bits per heavy atom. The lowest BCUT2D eigenvalue weighted by atomic mass is 10.1. The van der Waals surface area contributed by atoms with Gasteiger partial charge in [-0.2, -0.15) is 0 Å². The van der Waals surface area contributed by atoms with Crippen LogP contribution in [-0.4, -0.2) is 17.9 Å². The molecule has 1 aromatic carbocycles. The number of halogens is 1. The third-order valence-corrected chi connectivity index (χ3v) is 4.12. The second-order valence-electron chi connectivity index (χ2n) is 6.83. The van der Waals surface area contributed by atoms with Crippen LogP contribution in [0.5, 0.6) is 0 Å². The number of nitrogens with two attached hydrogens (primary N) is 1. The lowest BCUT2D eigenvalue weighted by Gasteiger charge is -2.12. The average molecular weight is 354 g/mol. The highest BCUT2D eigenvalue weighted by atomic mass is 35.5. The third kappa shape index (κ3) is 6.49. The molecule has 6 heteroatoms. The van der Waals surface area contributed by atoms with Crippen LogP contribution in [0.15, 0.2) is 24.3 Å². The molecular weight excluding hydrogens is 326 g/mol. The van der Waals surface area contributed by atoms with Crippen molar-refractivity contribution in [3.05, 3.63) is 29.8 Å². The van der Waals surface area contributed by atoms with E-state index in [9.17, 15) is 9.59 Å². The molecule has 2 amide bonds. The number of anilines is 1. The molecule has 2 atom stereocenters. The molecule has 5 nitrogen and oxygen atoms in total. The maximum Gasteiger partial charge on any atom is 0.224 e. The van der Waals surface area contributed by atoms with Crippen molar-refractivity contribution in [3.63, 3.8) is 0 Å². The van der Waals surface area contributed by atoms with E-state index in [1.807, 2.05) is 38.1 Å². The van der Waals surface area contributed by atoms with Crippen LogP contribution >= 0.6 is 12.4 Å². The van der Waals surface area contributed by atoms with Crippen molar-refractivity contribution in [1.82, 2.24) is 5.32 Å². The molecule has 0 aromatic heterocycles. The Kier molecular flexibility index (Phi) is 8.22. The topological polar surface area (TPSA) is 84.2 Å². The van der Waals surface area contributed by atoms with Crippen LogP contribution in [0.3, 0.4) is 0 Å². The van der Waals surface area contributed by atoms with E-state index in [2.05, 4.69) is 10.6 Å². The number of amides is 2. The smallest absolute Gasteiger partial charge is 0.224 e. The Hall–Kier alpha value is -1.59. The van der Waals surface area contributed by atoms with E-state index in [0.29, 0.717) is 18.9 Å². The van der Waals surface area contributed by atoms with Crippen molar-refractivity contribution < 1.29 is 9.59 Å². The summed E-state index contributed by atoms with van der Waals surface area (Å²) in [6.07, 6.45) is 3.08. The Labute approximate surface area is 150 Å². The first-order valence-electron chi connectivity index (χ1n) is 8.36. The molecule has 4 N–H and O–H groups in total. The highest BCUT2D eigenvalue weighted by Crippen LogP contribution is 2.24. The fraction of sp³-hybridized carbons (Fsp3) is 0.556. The lowest BCUT2D eigenvalue weighted by molar-refractivity contribution is -0.125. The van der Waals surface area contributed by atoms with E-state index in [1.54, 1.807) is 0 Å². The molecule has 1 saturated carbocycles. The summed E-state index contributed by atoms with van der Waals surface area (Å²) >= 11 is 0. The van der Waals surface area contributed by atoms with Gasteiger partial charge in [0.2, 0.25) is 11.8 Å². The zero-order valence-electron chi connectivity index (χ0n) is 14.4. The van der Waals surface area contributed by atoms with Crippen LogP contribution in [-0.2, 0) is 16.1 Å². The summed E-state index contributed by atoms with van der Waals surface area (Å²) in [5.74, 6) is 0.461. The van der Waals surface area contributed by atoms with E-state index in [0.717, 1.165) is 30.5 Å². The molecule has 0 aliphatic heterocycles. The second-order valence-corrected chi connectivity index (χ2v) is 6.83. The van der Waals surface area contributed by atoms with Crippen LogP contribution < -0.4 is 16.4 Å². The Balaban J connectivity index is 0.00000288. The predicted molar refractivity (Wildman–Crippen MR) is 98.9 cm³/mol. The Bertz CT molecular complexity index is 563. The van der Waals surface area contributed by atoms with Crippen molar-refractivity contribution >= 4 is 29.9 Å². The molecule has 0 saturated heterocycles. The SMILES string of the molecule is CC(C)CC(=O)Nc1cccc(CNC(=O)C2CCC(N)C2)c1.Cl. The van der Waals surface area contributed by atoms with E-state index < -0.39 is 0 Å². The molecule has 2 rings (SSSR count).